The zero-order valence-corrected chi connectivity index (χ0v) is 22.0. The highest BCUT2D eigenvalue weighted by molar-refractivity contribution is 9.11. The van der Waals surface area contributed by atoms with Crippen molar-refractivity contribution in [3.05, 3.63) is 91.6 Å². The van der Waals surface area contributed by atoms with Crippen molar-refractivity contribution in [2.24, 2.45) is 0 Å². The average molecular weight is 601 g/mol. The maximum atomic E-state index is 13.1. The van der Waals surface area contributed by atoms with Crippen molar-refractivity contribution >= 4 is 61.1 Å². The maximum Gasteiger partial charge on any atom is 0.266 e. The lowest BCUT2D eigenvalue weighted by atomic mass is 10.1. The van der Waals surface area contributed by atoms with Crippen molar-refractivity contribution in [1.82, 2.24) is 0 Å². The summed E-state index contributed by atoms with van der Waals surface area (Å²) in [5.41, 5.74) is 3.23. The van der Waals surface area contributed by atoms with Crippen molar-refractivity contribution < 1.29 is 18.7 Å². The molecule has 3 rings (SSSR count). The third-order valence-corrected chi connectivity index (χ3v) is 5.85. The van der Waals surface area contributed by atoms with Crippen LogP contribution in [0.25, 0.3) is 6.08 Å². The van der Waals surface area contributed by atoms with Gasteiger partial charge < -0.3 is 15.4 Å². The zero-order valence-electron chi connectivity index (χ0n) is 18.8. The van der Waals surface area contributed by atoms with E-state index in [1.165, 1.54) is 30.3 Å². The van der Waals surface area contributed by atoms with Crippen LogP contribution in [0.15, 0.2) is 69.1 Å². The topological polar surface area (TPSA) is 91.2 Å². The molecule has 3 aromatic carbocycles. The SMILES string of the molecule is Cc1ccc(NC(=O)COc2c(Br)cc(Br)cc2/C=C(\C#N)C(=O)Nc2ccc(F)cc2)c(C)c1. The minimum Gasteiger partial charge on any atom is -0.482 e. The van der Waals surface area contributed by atoms with Crippen LogP contribution in [0.5, 0.6) is 5.75 Å². The first-order chi connectivity index (χ1) is 16.7. The number of halogens is 3. The van der Waals surface area contributed by atoms with Gasteiger partial charge in [0.1, 0.15) is 23.2 Å². The summed E-state index contributed by atoms with van der Waals surface area (Å²) in [6.45, 7) is 3.58. The van der Waals surface area contributed by atoms with Gasteiger partial charge in [0, 0.05) is 21.4 Å². The molecule has 0 atom stereocenters. The van der Waals surface area contributed by atoms with Crippen LogP contribution in [-0.2, 0) is 9.59 Å². The first-order valence-corrected chi connectivity index (χ1v) is 11.9. The van der Waals surface area contributed by atoms with Gasteiger partial charge >= 0.3 is 0 Å². The lowest BCUT2D eigenvalue weighted by Crippen LogP contribution is -2.21. The van der Waals surface area contributed by atoms with E-state index in [0.717, 1.165) is 11.1 Å². The number of amides is 2. The Bertz CT molecular complexity index is 1350. The van der Waals surface area contributed by atoms with E-state index in [-0.39, 0.29) is 23.8 Å². The average Bonchev–Trinajstić information content (AvgIpc) is 2.80. The van der Waals surface area contributed by atoms with Crippen molar-refractivity contribution in [3.63, 3.8) is 0 Å². The second-order valence-electron chi connectivity index (χ2n) is 7.59. The molecule has 0 radical (unpaired) electrons. The Hall–Kier alpha value is -3.48. The van der Waals surface area contributed by atoms with Gasteiger partial charge in [-0.05, 0) is 83.9 Å². The van der Waals surface area contributed by atoms with Crippen LogP contribution in [-0.4, -0.2) is 18.4 Å². The number of carbonyl (C=O) groups is 2. The quantitative estimate of drug-likeness (QED) is 0.238. The minimum atomic E-state index is -0.672. The molecular formula is C26H20Br2FN3O3. The van der Waals surface area contributed by atoms with E-state index in [0.29, 0.717) is 25.9 Å². The van der Waals surface area contributed by atoms with Gasteiger partial charge in [0.05, 0.1) is 4.47 Å². The van der Waals surface area contributed by atoms with E-state index < -0.39 is 11.7 Å². The fourth-order valence-corrected chi connectivity index (χ4v) is 4.53. The summed E-state index contributed by atoms with van der Waals surface area (Å²) in [6.07, 6.45) is 1.35. The van der Waals surface area contributed by atoms with Crippen LogP contribution >= 0.6 is 31.9 Å². The van der Waals surface area contributed by atoms with Crippen LogP contribution < -0.4 is 15.4 Å². The third-order valence-electron chi connectivity index (χ3n) is 4.81. The molecule has 35 heavy (non-hydrogen) atoms. The van der Waals surface area contributed by atoms with Gasteiger partial charge in [0.2, 0.25) is 0 Å². The van der Waals surface area contributed by atoms with E-state index in [1.807, 2.05) is 38.1 Å². The summed E-state index contributed by atoms with van der Waals surface area (Å²) < 4.78 is 20.1. The van der Waals surface area contributed by atoms with E-state index in [1.54, 1.807) is 12.1 Å². The fourth-order valence-electron chi connectivity index (χ4n) is 3.15. The molecule has 178 valence electrons. The molecule has 9 heteroatoms. The number of nitriles is 1. The van der Waals surface area contributed by atoms with Crippen molar-refractivity contribution in [3.8, 4) is 11.8 Å². The summed E-state index contributed by atoms with van der Waals surface area (Å²) in [4.78, 5) is 25.1. The number of hydrogen-bond acceptors (Lipinski definition) is 4. The Morgan fingerprint density at radius 1 is 1.06 bits per heavy atom. The fraction of sp³-hybridized carbons (Fsp3) is 0.115. The van der Waals surface area contributed by atoms with Crippen LogP contribution in [0.4, 0.5) is 15.8 Å². The van der Waals surface area contributed by atoms with E-state index in [4.69, 9.17) is 4.74 Å². The Balaban J connectivity index is 1.80. The molecule has 6 nitrogen and oxygen atoms in total. The Labute approximate surface area is 219 Å². The highest BCUT2D eigenvalue weighted by Crippen LogP contribution is 2.34. The largest absolute Gasteiger partial charge is 0.482 e. The molecule has 0 aromatic heterocycles. The summed E-state index contributed by atoms with van der Waals surface area (Å²) in [6, 6.07) is 16.1. The Morgan fingerprint density at radius 3 is 2.43 bits per heavy atom. The predicted octanol–water partition coefficient (Wildman–Crippen LogP) is 6.53. The van der Waals surface area contributed by atoms with Gasteiger partial charge in [0.15, 0.2) is 6.61 Å². The Kier molecular flexibility index (Phi) is 8.79. The molecule has 0 saturated heterocycles. The van der Waals surface area contributed by atoms with Crippen molar-refractivity contribution in [2.45, 2.75) is 13.8 Å². The standard InChI is InChI=1S/C26H20Br2FN3O3/c1-15-3-8-23(16(2)9-15)32-24(33)14-35-25-17(11-19(27)12-22(25)28)10-18(13-30)26(34)31-21-6-4-20(29)5-7-21/h3-12H,14H2,1-2H3,(H,31,34)(H,32,33)/b18-10+. The number of benzene rings is 3. The third kappa shape index (κ3) is 7.25. The van der Waals surface area contributed by atoms with Gasteiger partial charge in [-0.1, -0.05) is 33.6 Å². The van der Waals surface area contributed by atoms with E-state index in [2.05, 4.69) is 42.5 Å². The smallest absolute Gasteiger partial charge is 0.266 e. The molecule has 3 aromatic rings. The van der Waals surface area contributed by atoms with Crippen LogP contribution in [0.3, 0.4) is 0 Å². The molecular weight excluding hydrogens is 581 g/mol. The molecule has 0 unspecified atom stereocenters. The minimum absolute atomic E-state index is 0.205. The highest BCUT2D eigenvalue weighted by atomic mass is 79.9. The second-order valence-corrected chi connectivity index (χ2v) is 9.36. The van der Waals surface area contributed by atoms with Gasteiger partial charge in [-0.3, -0.25) is 9.59 Å². The normalized spacial score (nSPS) is 10.9. The van der Waals surface area contributed by atoms with Crippen molar-refractivity contribution in [2.75, 3.05) is 17.2 Å². The van der Waals surface area contributed by atoms with E-state index >= 15 is 0 Å². The van der Waals surface area contributed by atoms with Crippen LogP contribution in [0.2, 0.25) is 0 Å². The highest BCUT2D eigenvalue weighted by Gasteiger charge is 2.16. The van der Waals surface area contributed by atoms with Gasteiger partial charge in [0.25, 0.3) is 11.8 Å². The summed E-state index contributed by atoms with van der Waals surface area (Å²) in [7, 11) is 0. The number of hydrogen-bond donors (Lipinski definition) is 2. The van der Waals surface area contributed by atoms with Crippen LogP contribution in [0, 0.1) is 31.0 Å². The molecule has 0 spiro atoms. The van der Waals surface area contributed by atoms with Crippen LogP contribution in [0.1, 0.15) is 16.7 Å². The number of nitrogens with zero attached hydrogens (tertiary/aromatic N) is 1. The first-order valence-electron chi connectivity index (χ1n) is 10.3. The molecule has 0 saturated carbocycles. The number of aryl methyl sites for hydroxylation is 2. The number of anilines is 2. The lowest BCUT2D eigenvalue weighted by Gasteiger charge is -2.14. The number of nitrogens with one attached hydrogen (secondary N) is 2. The molecule has 0 bridgehead atoms. The summed E-state index contributed by atoms with van der Waals surface area (Å²) in [5, 5.41) is 14.9. The molecule has 0 aliphatic rings. The van der Waals surface area contributed by atoms with Crippen molar-refractivity contribution in [1.29, 1.82) is 5.26 Å². The Morgan fingerprint density at radius 2 is 1.77 bits per heavy atom. The molecule has 0 fully saturated rings. The molecule has 0 heterocycles. The lowest BCUT2D eigenvalue weighted by molar-refractivity contribution is -0.118. The molecule has 0 aliphatic carbocycles. The first kappa shape index (κ1) is 26.1. The molecule has 2 N–H and O–H groups in total. The van der Waals surface area contributed by atoms with Gasteiger partial charge in [-0.25, -0.2) is 4.39 Å². The van der Waals surface area contributed by atoms with Gasteiger partial charge in [-0.15, -0.1) is 0 Å². The maximum absolute atomic E-state index is 13.1. The zero-order chi connectivity index (χ0) is 25.5. The molecule has 0 aliphatic heterocycles. The number of carbonyl (C=O) groups excluding carboxylic acids is 2. The van der Waals surface area contributed by atoms with E-state index in [9.17, 15) is 19.2 Å². The molecule has 2 amide bonds. The second kappa shape index (κ2) is 11.8. The van der Waals surface area contributed by atoms with Gasteiger partial charge in [-0.2, -0.15) is 5.26 Å². The number of ether oxygens (including phenoxy) is 1. The summed E-state index contributed by atoms with van der Waals surface area (Å²) >= 11 is 6.79. The monoisotopic (exact) mass is 599 g/mol. The number of rotatable bonds is 7. The predicted molar refractivity (Wildman–Crippen MR) is 141 cm³/mol. The summed E-state index contributed by atoms with van der Waals surface area (Å²) in [5.74, 6) is -1.20.